The Labute approximate surface area is 332 Å². The summed E-state index contributed by atoms with van der Waals surface area (Å²) in [7, 11) is -3.82. The van der Waals surface area contributed by atoms with Crippen LogP contribution in [0.25, 0.3) is 11.1 Å². The van der Waals surface area contributed by atoms with Crippen molar-refractivity contribution in [3.8, 4) is 39.9 Å². The maximum absolute atomic E-state index is 6.84. The average molecular weight is 779 g/mol. The van der Waals surface area contributed by atoms with E-state index >= 15 is 0 Å². The minimum absolute atomic E-state index is 0.642. The van der Waals surface area contributed by atoms with Gasteiger partial charge in [-0.2, -0.15) is 0 Å². The molecule has 0 aliphatic carbocycles. The zero-order valence-electron chi connectivity index (χ0n) is 34.2. The van der Waals surface area contributed by atoms with Gasteiger partial charge in [-0.25, -0.2) is 0 Å². The van der Waals surface area contributed by atoms with Crippen molar-refractivity contribution in [1.29, 1.82) is 0 Å². The van der Waals surface area contributed by atoms with Gasteiger partial charge in [-0.3, -0.25) is 0 Å². The second-order valence-electron chi connectivity index (χ2n) is 12.6. The van der Waals surface area contributed by atoms with Crippen molar-refractivity contribution in [1.82, 2.24) is 0 Å². The van der Waals surface area contributed by atoms with Crippen LogP contribution in [-0.4, -0.2) is 0 Å². The van der Waals surface area contributed by atoms with Gasteiger partial charge >= 0.3 is 17.2 Å². The number of hydrogen-bond acceptors (Lipinski definition) is 6. The summed E-state index contributed by atoms with van der Waals surface area (Å²) in [5.74, 6) is 4.08. The van der Waals surface area contributed by atoms with E-state index in [1.54, 1.807) is 12.2 Å². The quantitative estimate of drug-likeness (QED) is 0.0636. The number of rotatable bonds is 14. The fourth-order valence-corrected chi connectivity index (χ4v) is 7.64. The number of aryl methyl sites for hydroxylation is 7. The smallest absolute Gasteiger partial charge is 0.414 e. The van der Waals surface area contributed by atoms with Gasteiger partial charge in [0.2, 0.25) is 0 Å². The SMILES string of the molecule is C/C=C(/C)OP(Oc1ccccc1C)Oc1c(C)cc(C)cc1-c1cc(C)cc(C)c1OP(Oc1ccccc1C)Oc1ccccc1C.C=CC=C.CC. The largest absolute Gasteiger partial charge is 0.530 e. The lowest BCUT2D eigenvalue weighted by molar-refractivity contribution is 0.330. The van der Waals surface area contributed by atoms with E-state index in [1.165, 1.54) is 0 Å². The zero-order valence-corrected chi connectivity index (χ0v) is 36.0. The first-order valence-corrected chi connectivity index (χ1v) is 20.6. The van der Waals surface area contributed by atoms with E-state index in [2.05, 4.69) is 51.3 Å². The van der Waals surface area contributed by atoms with Gasteiger partial charge in [-0.1, -0.05) is 106 Å². The highest BCUT2D eigenvalue weighted by Crippen LogP contribution is 2.52. The molecule has 6 nitrogen and oxygen atoms in total. The molecular weight excluding hydrogens is 722 g/mol. The molecule has 0 bridgehead atoms. The van der Waals surface area contributed by atoms with Gasteiger partial charge in [0.1, 0.15) is 34.5 Å². The molecule has 0 saturated carbocycles. The number of hydrogen-bond donors (Lipinski definition) is 0. The summed E-state index contributed by atoms with van der Waals surface area (Å²) < 4.78 is 39.3. The Morgan fingerprint density at radius 1 is 0.491 bits per heavy atom. The standard InChI is InChI=1S/C41H44O6P2.C4H6.C2H6/c1-10-34(9)42-48(43-37-20-14-11-17-29(37)4)46-40-32(7)23-27(2)25-35(40)36-26-28(3)24-33(8)41(36)47-49(44-38-21-15-12-18-30(38)5)45-39-22-16-13-19-31(39)6;1-3-4-2;1-2/h10-26H,1-9H3;3-4H,1-2H2;1-2H3/b34-10-;;. The highest BCUT2D eigenvalue weighted by atomic mass is 31.2. The molecule has 0 radical (unpaired) electrons. The van der Waals surface area contributed by atoms with Gasteiger partial charge < -0.3 is 27.1 Å². The molecule has 5 rings (SSSR count). The molecule has 5 aromatic carbocycles. The third-order valence-corrected chi connectivity index (χ3v) is 10.2. The maximum Gasteiger partial charge on any atom is 0.530 e. The lowest BCUT2D eigenvalue weighted by Crippen LogP contribution is -2.06. The molecule has 0 amide bonds. The number of allylic oxidation sites excluding steroid dienone is 4. The molecule has 0 aliphatic rings. The molecule has 0 N–H and O–H groups in total. The molecule has 0 spiro atoms. The van der Waals surface area contributed by atoms with Gasteiger partial charge in [0.05, 0.1) is 0 Å². The fraction of sp³-hybridized carbons (Fsp3) is 0.234. The topological polar surface area (TPSA) is 55.4 Å². The summed E-state index contributed by atoms with van der Waals surface area (Å²) in [6.45, 7) is 28.8. The van der Waals surface area contributed by atoms with Gasteiger partial charge in [0, 0.05) is 11.1 Å². The van der Waals surface area contributed by atoms with Crippen molar-refractivity contribution >= 4 is 17.2 Å². The van der Waals surface area contributed by atoms with Crippen LogP contribution in [0.15, 0.2) is 134 Å². The van der Waals surface area contributed by atoms with E-state index in [0.717, 1.165) is 50.1 Å². The van der Waals surface area contributed by atoms with Crippen LogP contribution in [0, 0.1) is 48.5 Å². The molecule has 1 unspecified atom stereocenters. The summed E-state index contributed by atoms with van der Waals surface area (Å²) >= 11 is 0. The van der Waals surface area contributed by atoms with E-state index < -0.39 is 17.2 Å². The van der Waals surface area contributed by atoms with Gasteiger partial charge in [-0.15, -0.1) is 0 Å². The van der Waals surface area contributed by atoms with Crippen LogP contribution in [0.4, 0.5) is 0 Å². The summed E-state index contributed by atoms with van der Waals surface area (Å²) in [6.07, 6.45) is 5.17. The van der Waals surface area contributed by atoms with Crippen LogP contribution in [0.1, 0.15) is 66.6 Å². The molecular formula is C47H56O6P2. The highest BCUT2D eigenvalue weighted by molar-refractivity contribution is 7.43. The zero-order chi connectivity index (χ0) is 40.5. The van der Waals surface area contributed by atoms with Gasteiger partial charge in [0.15, 0.2) is 0 Å². The minimum atomic E-state index is -1.94. The lowest BCUT2D eigenvalue weighted by atomic mass is 9.95. The maximum atomic E-state index is 6.84. The summed E-state index contributed by atoms with van der Waals surface area (Å²) in [5.41, 5.74) is 8.69. The fourth-order valence-electron chi connectivity index (χ4n) is 5.20. The summed E-state index contributed by atoms with van der Waals surface area (Å²) in [4.78, 5) is 0. The Bertz CT molecular complexity index is 2000. The summed E-state index contributed by atoms with van der Waals surface area (Å²) in [6, 6.07) is 32.0. The van der Waals surface area contributed by atoms with E-state index in [1.807, 2.05) is 141 Å². The highest BCUT2D eigenvalue weighted by Gasteiger charge is 2.28. The number of para-hydroxylation sites is 3. The Kier molecular flexibility index (Phi) is 18.1. The van der Waals surface area contributed by atoms with Crippen molar-refractivity contribution < 1.29 is 27.1 Å². The third-order valence-electron chi connectivity index (χ3n) is 8.05. The lowest BCUT2D eigenvalue weighted by Gasteiger charge is -2.25. The van der Waals surface area contributed by atoms with Crippen molar-refractivity contribution in [3.63, 3.8) is 0 Å². The Morgan fingerprint density at radius 3 is 1.18 bits per heavy atom. The van der Waals surface area contributed by atoms with Crippen LogP contribution in [0.5, 0.6) is 28.7 Å². The van der Waals surface area contributed by atoms with E-state index in [0.29, 0.717) is 34.5 Å². The van der Waals surface area contributed by atoms with Crippen LogP contribution in [0.3, 0.4) is 0 Å². The molecule has 0 heterocycles. The van der Waals surface area contributed by atoms with Crippen LogP contribution in [0.2, 0.25) is 0 Å². The normalized spacial score (nSPS) is 11.2. The average Bonchev–Trinajstić information content (AvgIpc) is 3.17. The first-order valence-electron chi connectivity index (χ1n) is 18.4. The number of benzene rings is 5. The molecule has 0 aromatic heterocycles. The molecule has 1 atom stereocenters. The molecule has 55 heavy (non-hydrogen) atoms. The van der Waals surface area contributed by atoms with Crippen molar-refractivity contribution in [2.45, 2.75) is 76.2 Å². The van der Waals surface area contributed by atoms with E-state index in [-0.39, 0.29) is 0 Å². The van der Waals surface area contributed by atoms with Crippen LogP contribution >= 0.6 is 17.2 Å². The molecule has 290 valence electrons. The van der Waals surface area contributed by atoms with Gasteiger partial charge in [0.25, 0.3) is 0 Å². The Morgan fingerprint density at radius 2 is 0.836 bits per heavy atom. The van der Waals surface area contributed by atoms with Crippen molar-refractivity contribution in [3.05, 3.63) is 173 Å². The molecule has 8 heteroatoms. The predicted molar refractivity (Wildman–Crippen MR) is 234 cm³/mol. The predicted octanol–water partition coefficient (Wildman–Crippen LogP) is 15.3. The van der Waals surface area contributed by atoms with Crippen LogP contribution < -0.4 is 22.6 Å². The second kappa shape index (κ2) is 22.4. The molecule has 5 aromatic rings. The first kappa shape index (κ1) is 44.4. The van der Waals surface area contributed by atoms with E-state index in [9.17, 15) is 0 Å². The van der Waals surface area contributed by atoms with Gasteiger partial charge in [-0.05, 0) is 138 Å². The Balaban J connectivity index is 0.00000127. The Hall–Kier alpha value is -5.02. The second-order valence-corrected chi connectivity index (χ2v) is 14.6. The minimum Gasteiger partial charge on any atom is -0.414 e. The molecule has 0 fully saturated rings. The monoisotopic (exact) mass is 778 g/mol. The van der Waals surface area contributed by atoms with Crippen molar-refractivity contribution in [2.75, 3.05) is 0 Å². The van der Waals surface area contributed by atoms with Crippen LogP contribution in [-0.2, 0) is 4.52 Å². The van der Waals surface area contributed by atoms with Crippen molar-refractivity contribution in [2.24, 2.45) is 0 Å². The third kappa shape index (κ3) is 13.1. The molecule has 0 aliphatic heterocycles. The molecule has 0 saturated heterocycles. The first-order chi connectivity index (χ1) is 26.4. The summed E-state index contributed by atoms with van der Waals surface area (Å²) in [5, 5.41) is 0. The van der Waals surface area contributed by atoms with E-state index in [4.69, 9.17) is 27.1 Å².